The van der Waals surface area contributed by atoms with Crippen molar-refractivity contribution < 1.29 is 47.3 Å². The maximum Gasteiger partial charge on any atom is 1.00 e. The Kier molecular flexibility index (Phi) is 7.07. The van der Waals surface area contributed by atoms with Gasteiger partial charge >= 0.3 is 29.6 Å². The molecule has 0 unspecified atom stereocenters. The summed E-state index contributed by atoms with van der Waals surface area (Å²) in [5.41, 5.74) is 2.43. The Morgan fingerprint density at radius 2 is 1.35 bits per heavy atom. The van der Waals surface area contributed by atoms with Crippen LogP contribution < -0.4 is 29.6 Å². The third kappa shape index (κ3) is 3.48. The van der Waals surface area contributed by atoms with E-state index in [-0.39, 0.29) is 34.5 Å². The molecule has 0 radical (unpaired) electrons. The van der Waals surface area contributed by atoms with E-state index in [0.29, 0.717) is 10.9 Å². The van der Waals surface area contributed by atoms with Gasteiger partial charge in [-0.1, -0.05) is 24.3 Å². The van der Waals surface area contributed by atoms with Crippen molar-refractivity contribution in [3.63, 3.8) is 0 Å². The molecular weight excluding hydrogens is 287 g/mol. The average Bonchev–Trinajstić information content (AvgIpc) is 2.37. The summed E-state index contributed by atoms with van der Waals surface area (Å²) in [4.78, 5) is 7.91. The van der Waals surface area contributed by atoms with Gasteiger partial charge < -0.3 is 9.35 Å². The molecule has 0 atom stereocenters. The molecule has 20 heavy (non-hydrogen) atoms. The third-order valence-corrected chi connectivity index (χ3v) is 4.32. The molecule has 0 aliphatic carbocycles. The first-order valence-corrected chi connectivity index (χ1v) is 6.98. The summed E-state index contributed by atoms with van der Waals surface area (Å²) in [6, 6.07) is 7.10. The van der Waals surface area contributed by atoms with Crippen LogP contribution >= 0.6 is 0 Å². The van der Waals surface area contributed by atoms with Gasteiger partial charge in [0.2, 0.25) is 0 Å². The molecule has 0 heterocycles. The van der Waals surface area contributed by atoms with E-state index in [1.165, 1.54) is 0 Å². The van der Waals surface area contributed by atoms with Crippen molar-refractivity contribution in [2.24, 2.45) is 0 Å². The molecule has 2 rings (SSSR count). The van der Waals surface area contributed by atoms with Crippen LogP contribution in [0.3, 0.4) is 0 Å². The van der Waals surface area contributed by atoms with Gasteiger partial charge in [-0.25, -0.2) is 8.42 Å². The summed E-state index contributed by atoms with van der Waals surface area (Å²) < 4.78 is 34.1. The Morgan fingerprint density at radius 1 is 0.900 bits per heavy atom. The fraction of sp³-hybridized carbons (Fsp3) is 0.214. The summed E-state index contributed by atoms with van der Waals surface area (Å²) in [5, 5.41) is 1.34. The Balaban J connectivity index is 0.00000115. The first kappa shape index (κ1) is 19.3. The van der Waals surface area contributed by atoms with Gasteiger partial charge in [0.1, 0.15) is 16.9 Å². The summed E-state index contributed by atoms with van der Waals surface area (Å²) >= 11 is 0. The first-order valence-electron chi connectivity index (χ1n) is 5.57. The molecule has 0 amide bonds. The van der Waals surface area contributed by atoms with Crippen molar-refractivity contribution in [2.75, 3.05) is 0 Å². The quantitative estimate of drug-likeness (QED) is 0.525. The van der Waals surface area contributed by atoms with E-state index in [2.05, 4.69) is 0 Å². The molecule has 2 aromatic carbocycles. The number of hydrogen-bond donors (Lipinski definition) is 0. The number of hydrogen-bond acceptors (Lipinski definition) is 4. The van der Waals surface area contributed by atoms with Crippen LogP contribution in [0.5, 0.6) is 0 Å². The Hall–Kier alpha value is -0.720. The second-order valence-electron chi connectivity index (χ2n) is 4.20. The van der Waals surface area contributed by atoms with Gasteiger partial charge in [0.15, 0.2) is 0 Å². The number of carbonyl (C=O) groups excluding carboxylic acids is 1. The predicted octanol–water partition coefficient (Wildman–Crippen LogP) is -0.512. The van der Waals surface area contributed by atoms with Crippen LogP contribution in [0, 0.1) is 20.8 Å². The van der Waals surface area contributed by atoms with Crippen molar-refractivity contribution in [3.8, 4) is 0 Å². The van der Waals surface area contributed by atoms with E-state index >= 15 is 0 Å². The number of rotatable bonds is 1. The maximum atomic E-state index is 11.4. The molecule has 102 valence electrons. The van der Waals surface area contributed by atoms with Crippen LogP contribution in [0.1, 0.15) is 16.7 Å². The predicted molar refractivity (Wildman–Crippen MR) is 73.2 cm³/mol. The van der Waals surface area contributed by atoms with Crippen molar-refractivity contribution in [2.45, 2.75) is 25.7 Å². The molecule has 0 N–H and O–H groups in total. The van der Waals surface area contributed by atoms with Crippen molar-refractivity contribution in [1.82, 2.24) is 0 Å². The molecule has 6 heteroatoms. The maximum absolute atomic E-state index is 11.4. The van der Waals surface area contributed by atoms with Crippen molar-refractivity contribution in [1.29, 1.82) is 0 Å². The molecule has 4 nitrogen and oxygen atoms in total. The minimum atomic E-state index is -4.45. The van der Waals surface area contributed by atoms with Crippen LogP contribution in [-0.2, 0) is 14.9 Å². The van der Waals surface area contributed by atoms with Crippen molar-refractivity contribution >= 4 is 27.7 Å². The zero-order valence-electron chi connectivity index (χ0n) is 12.1. The summed E-state index contributed by atoms with van der Waals surface area (Å²) in [6.45, 7) is 7.46. The molecule has 0 saturated heterocycles. The molecule has 0 saturated carbocycles. The van der Waals surface area contributed by atoms with E-state index in [1.807, 2.05) is 32.8 Å². The molecule has 0 aliphatic rings. The van der Waals surface area contributed by atoms with Gasteiger partial charge in [-0.05, 0) is 48.2 Å². The number of carbonyl (C=O) groups is 1. The number of benzene rings is 2. The van der Waals surface area contributed by atoms with E-state index < -0.39 is 10.1 Å². The van der Waals surface area contributed by atoms with Crippen LogP contribution in [0.2, 0.25) is 0 Å². The van der Waals surface area contributed by atoms with Crippen LogP contribution in [0.4, 0.5) is 0 Å². The molecule has 0 spiro atoms. The van der Waals surface area contributed by atoms with Gasteiger partial charge in [0, 0.05) is 0 Å². The molecule has 0 aliphatic heterocycles. The standard InChI is InChI=1S/C13H14O3S.CH2O.Na/c1-8-9(2)11-6-4-5-7-12(11)13(10(8)3)17(14,15)16;1-2;/h4-7H,1-3H3,(H,14,15,16);1H2;/q;;+1/p-1. The molecule has 2 aromatic rings. The summed E-state index contributed by atoms with van der Waals surface area (Å²) in [7, 11) is -4.45. The second kappa shape index (κ2) is 7.33. The van der Waals surface area contributed by atoms with Crippen LogP contribution in [0.15, 0.2) is 29.2 Å². The first-order chi connectivity index (χ1) is 8.84. The second-order valence-corrected chi connectivity index (χ2v) is 5.52. The van der Waals surface area contributed by atoms with Gasteiger partial charge in [-0.2, -0.15) is 0 Å². The Bertz CT molecular complexity index is 724. The summed E-state index contributed by atoms with van der Waals surface area (Å²) in [5.74, 6) is 0. The average molecular weight is 302 g/mol. The van der Waals surface area contributed by atoms with Gasteiger partial charge in [-0.15, -0.1) is 0 Å². The van der Waals surface area contributed by atoms with E-state index in [1.54, 1.807) is 19.1 Å². The monoisotopic (exact) mass is 302 g/mol. The van der Waals surface area contributed by atoms with Crippen molar-refractivity contribution in [3.05, 3.63) is 41.0 Å². The molecule has 0 bridgehead atoms. The fourth-order valence-corrected chi connectivity index (χ4v) is 3.16. The van der Waals surface area contributed by atoms with Gasteiger partial charge in [0.25, 0.3) is 0 Å². The smallest absolute Gasteiger partial charge is 0.744 e. The normalized spacial score (nSPS) is 10.4. The van der Waals surface area contributed by atoms with E-state index in [0.717, 1.165) is 16.5 Å². The van der Waals surface area contributed by atoms with Gasteiger partial charge in [-0.3, -0.25) is 0 Å². The topological polar surface area (TPSA) is 74.3 Å². The van der Waals surface area contributed by atoms with E-state index in [4.69, 9.17) is 4.79 Å². The molecule has 0 aromatic heterocycles. The van der Waals surface area contributed by atoms with Crippen LogP contribution in [0.25, 0.3) is 10.8 Å². The Morgan fingerprint density at radius 3 is 1.80 bits per heavy atom. The number of aryl methyl sites for hydroxylation is 1. The minimum absolute atomic E-state index is 0. The minimum Gasteiger partial charge on any atom is -0.744 e. The van der Waals surface area contributed by atoms with Crippen LogP contribution in [-0.4, -0.2) is 19.8 Å². The molecular formula is C14H15NaO4S. The largest absolute Gasteiger partial charge is 1.00 e. The zero-order chi connectivity index (χ0) is 14.8. The Labute approximate surface area is 141 Å². The summed E-state index contributed by atoms with van der Waals surface area (Å²) in [6.07, 6.45) is 0. The molecule has 0 fully saturated rings. The fourth-order valence-electron chi connectivity index (χ4n) is 2.19. The zero-order valence-corrected chi connectivity index (χ0v) is 14.9. The van der Waals surface area contributed by atoms with Gasteiger partial charge in [0.05, 0.1) is 4.90 Å². The van der Waals surface area contributed by atoms with E-state index in [9.17, 15) is 13.0 Å². The number of fused-ring (bicyclic) bond motifs is 1. The SMILES string of the molecule is C=O.Cc1c(C)c(S(=O)(=O)[O-])c2ccccc2c1C.[Na+]. The third-order valence-electron chi connectivity index (χ3n) is 3.29.